The predicted octanol–water partition coefficient (Wildman–Crippen LogP) is 2.60. The highest BCUT2D eigenvalue weighted by Gasteiger charge is 2.17. The SMILES string of the molecule is Cc1ccc(-c2[nH]ncc2[N+](=O)[O-])cc1C. The monoisotopic (exact) mass is 217 g/mol. The van der Waals surface area contributed by atoms with Gasteiger partial charge in [0.25, 0.3) is 0 Å². The van der Waals surface area contributed by atoms with Gasteiger partial charge in [0, 0.05) is 5.56 Å². The molecule has 5 nitrogen and oxygen atoms in total. The predicted molar refractivity (Wildman–Crippen MR) is 60.2 cm³/mol. The molecular formula is C11H11N3O2. The fourth-order valence-electron chi connectivity index (χ4n) is 1.53. The summed E-state index contributed by atoms with van der Waals surface area (Å²) >= 11 is 0. The normalized spacial score (nSPS) is 10.4. The molecule has 1 aromatic heterocycles. The molecule has 0 spiro atoms. The van der Waals surface area contributed by atoms with Gasteiger partial charge in [-0.1, -0.05) is 12.1 Å². The van der Waals surface area contributed by atoms with Crippen LogP contribution in [-0.2, 0) is 0 Å². The number of benzene rings is 1. The maximum absolute atomic E-state index is 10.8. The third-order valence-electron chi connectivity index (χ3n) is 2.61. The lowest BCUT2D eigenvalue weighted by atomic mass is 10.0. The van der Waals surface area contributed by atoms with Crippen molar-refractivity contribution in [2.45, 2.75) is 13.8 Å². The number of nitro groups is 1. The Balaban J connectivity index is 2.54. The number of hydrogen-bond donors (Lipinski definition) is 1. The smallest absolute Gasteiger partial charge is 0.271 e. The van der Waals surface area contributed by atoms with E-state index in [9.17, 15) is 10.1 Å². The van der Waals surface area contributed by atoms with Gasteiger partial charge in [-0.25, -0.2) is 0 Å². The van der Waals surface area contributed by atoms with E-state index in [0.717, 1.165) is 16.7 Å². The molecule has 16 heavy (non-hydrogen) atoms. The number of H-pyrrole nitrogens is 1. The van der Waals surface area contributed by atoms with Crippen molar-refractivity contribution < 1.29 is 4.92 Å². The summed E-state index contributed by atoms with van der Waals surface area (Å²) in [6.45, 7) is 3.97. The molecule has 0 aliphatic rings. The van der Waals surface area contributed by atoms with Crippen LogP contribution in [0.25, 0.3) is 11.3 Å². The molecule has 0 bridgehead atoms. The third-order valence-corrected chi connectivity index (χ3v) is 2.61. The number of nitrogens with one attached hydrogen (secondary N) is 1. The molecular weight excluding hydrogens is 206 g/mol. The molecule has 0 aliphatic carbocycles. The van der Waals surface area contributed by atoms with E-state index in [1.807, 2.05) is 32.0 Å². The van der Waals surface area contributed by atoms with Gasteiger partial charge in [0.15, 0.2) is 0 Å². The van der Waals surface area contributed by atoms with Crippen molar-refractivity contribution in [3.8, 4) is 11.3 Å². The summed E-state index contributed by atoms with van der Waals surface area (Å²) in [6.07, 6.45) is 1.23. The zero-order valence-corrected chi connectivity index (χ0v) is 9.02. The molecule has 1 aromatic carbocycles. The van der Waals surface area contributed by atoms with Crippen LogP contribution in [0.2, 0.25) is 0 Å². The number of aromatic nitrogens is 2. The van der Waals surface area contributed by atoms with Gasteiger partial charge in [-0.2, -0.15) is 5.10 Å². The van der Waals surface area contributed by atoms with Crippen LogP contribution in [0.15, 0.2) is 24.4 Å². The second kappa shape index (κ2) is 3.77. The Labute approximate surface area is 92.3 Å². The van der Waals surface area contributed by atoms with E-state index in [0.29, 0.717) is 5.69 Å². The Bertz CT molecular complexity index is 546. The maximum Gasteiger partial charge on any atom is 0.314 e. The van der Waals surface area contributed by atoms with E-state index >= 15 is 0 Å². The van der Waals surface area contributed by atoms with Gasteiger partial charge in [0.05, 0.1) is 4.92 Å². The maximum atomic E-state index is 10.8. The van der Waals surface area contributed by atoms with E-state index in [2.05, 4.69) is 10.2 Å². The van der Waals surface area contributed by atoms with Crippen LogP contribution in [0.4, 0.5) is 5.69 Å². The summed E-state index contributed by atoms with van der Waals surface area (Å²) < 4.78 is 0. The first-order chi connectivity index (χ1) is 7.59. The Morgan fingerprint density at radius 3 is 2.69 bits per heavy atom. The Morgan fingerprint density at radius 1 is 1.31 bits per heavy atom. The number of aryl methyl sites for hydroxylation is 2. The van der Waals surface area contributed by atoms with Gasteiger partial charge < -0.3 is 0 Å². The zero-order valence-electron chi connectivity index (χ0n) is 9.02. The molecule has 1 N–H and O–H groups in total. The Morgan fingerprint density at radius 2 is 2.06 bits per heavy atom. The van der Waals surface area contributed by atoms with Crippen LogP contribution < -0.4 is 0 Å². The van der Waals surface area contributed by atoms with Gasteiger partial charge in [0.1, 0.15) is 11.9 Å². The topological polar surface area (TPSA) is 71.8 Å². The lowest BCUT2D eigenvalue weighted by Crippen LogP contribution is -1.90. The van der Waals surface area contributed by atoms with Crippen molar-refractivity contribution >= 4 is 5.69 Å². The minimum atomic E-state index is -0.436. The van der Waals surface area contributed by atoms with Gasteiger partial charge in [-0.15, -0.1) is 0 Å². The van der Waals surface area contributed by atoms with Crippen molar-refractivity contribution in [1.82, 2.24) is 10.2 Å². The first-order valence-electron chi connectivity index (χ1n) is 4.85. The van der Waals surface area contributed by atoms with Gasteiger partial charge in [-0.05, 0) is 31.0 Å². The van der Waals surface area contributed by atoms with Gasteiger partial charge >= 0.3 is 5.69 Å². The molecule has 82 valence electrons. The minimum absolute atomic E-state index is 0.00301. The lowest BCUT2D eigenvalue weighted by Gasteiger charge is -2.02. The largest absolute Gasteiger partial charge is 0.314 e. The number of hydrogen-bond acceptors (Lipinski definition) is 3. The molecule has 2 rings (SSSR count). The molecule has 2 aromatic rings. The average Bonchev–Trinajstić information content (AvgIpc) is 2.71. The number of nitrogens with zero attached hydrogens (tertiary/aromatic N) is 2. The molecule has 1 heterocycles. The first kappa shape index (κ1) is 10.4. The fraction of sp³-hybridized carbons (Fsp3) is 0.182. The molecule has 0 unspecified atom stereocenters. The summed E-state index contributed by atoms with van der Waals surface area (Å²) in [7, 11) is 0. The van der Waals surface area contributed by atoms with E-state index in [4.69, 9.17) is 0 Å². The highest BCUT2D eigenvalue weighted by Crippen LogP contribution is 2.28. The molecule has 0 atom stereocenters. The lowest BCUT2D eigenvalue weighted by molar-refractivity contribution is -0.384. The quantitative estimate of drug-likeness (QED) is 0.620. The standard InChI is InChI=1S/C11H11N3O2/c1-7-3-4-9(5-8(7)2)11-10(14(15)16)6-12-13-11/h3-6H,1-2H3,(H,12,13). The van der Waals surface area contributed by atoms with Crippen LogP contribution >= 0.6 is 0 Å². The van der Waals surface area contributed by atoms with Crippen LogP contribution in [-0.4, -0.2) is 15.1 Å². The second-order valence-electron chi connectivity index (χ2n) is 3.69. The molecule has 0 aliphatic heterocycles. The van der Waals surface area contributed by atoms with Crippen molar-refractivity contribution in [1.29, 1.82) is 0 Å². The molecule has 0 saturated heterocycles. The fourth-order valence-corrected chi connectivity index (χ4v) is 1.53. The molecule has 0 fully saturated rings. The molecule has 0 amide bonds. The van der Waals surface area contributed by atoms with Crippen LogP contribution in [0.1, 0.15) is 11.1 Å². The average molecular weight is 217 g/mol. The zero-order chi connectivity index (χ0) is 11.7. The summed E-state index contributed by atoms with van der Waals surface area (Å²) in [5, 5.41) is 17.1. The van der Waals surface area contributed by atoms with Crippen molar-refractivity contribution in [3.05, 3.63) is 45.6 Å². The highest BCUT2D eigenvalue weighted by atomic mass is 16.6. The summed E-state index contributed by atoms with van der Waals surface area (Å²) in [4.78, 5) is 10.3. The van der Waals surface area contributed by atoms with Crippen LogP contribution in [0.3, 0.4) is 0 Å². The second-order valence-corrected chi connectivity index (χ2v) is 3.69. The molecule has 0 radical (unpaired) electrons. The van der Waals surface area contributed by atoms with E-state index < -0.39 is 4.92 Å². The van der Waals surface area contributed by atoms with E-state index in [1.165, 1.54) is 6.20 Å². The van der Waals surface area contributed by atoms with E-state index in [1.54, 1.807) is 0 Å². The van der Waals surface area contributed by atoms with Crippen molar-refractivity contribution in [2.75, 3.05) is 0 Å². The van der Waals surface area contributed by atoms with Crippen molar-refractivity contribution in [3.63, 3.8) is 0 Å². The van der Waals surface area contributed by atoms with Crippen LogP contribution in [0, 0.1) is 24.0 Å². The summed E-state index contributed by atoms with van der Waals surface area (Å²) in [5.74, 6) is 0. The number of rotatable bonds is 2. The molecule has 5 heteroatoms. The summed E-state index contributed by atoms with van der Waals surface area (Å²) in [5.41, 5.74) is 3.50. The van der Waals surface area contributed by atoms with Gasteiger partial charge in [0.2, 0.25) is 0 Å². The van der Waals surface area contributed by atoms with E-state index in [-0.39, 0.29) is 5.69 Å². The first-order valence-corrected chi connectivity index (χ1v) is 4.85. The Hall–Kier alpha value is -2.17. The number of aromatic amines is 1. The molecule has 0 saturated carbocycles. The minimum Gasteiger partial charge on any atom is -0.271 e. The third kappa shape index (κ3) is 1.67. The highest BCUT2D eigenvalue weighted by molar-refractivity contribution is 5.69. The summed E-state index contributed by atoms with van der Waals surface area (Å²) in [6, 6.07) is 5.70. The van der Waals surface area contributed by atoms with Crippen LogP contribution in [0.5, 0.6) is 0 Å². The van der Waals surface area contributed by atoms with Gasteiger partial charge in [-0.3, -0.25) is 15.2 Å². The van der Waals surface area contributed by atoms with Crippen molar-refractivity contribution in [2.24, 2.45) is 0 Å². The Kier molecular flexibility index (Phi) is 2.44.